The Hall–Kier alpha value is -3.89. The molecule has 0 fully saturated rings. The van der Waals surface area contributed by atoms with Crippen molar-refractivity contribution in [3.8, 4) is 11.5 Å². The molecular weight excluding hydrogens is 442 g/mol. The van der Waals surface area contributed by atoms with Crippen LogP contribution in [0.4, 0.5) is 17.6 Å². The number of fused-ring (bicyclic) bond motifs is 1. The van der Waals surface area contributed by atoms with Gasteiger partial charge in [0.1, 0.15) is 17.0 Å². The molecule has 0 aliphatic heterocycles. The van der Waals surface area contributed by atoms with Gasteiger partial charge in [0.2, 0.25) is 5.82 Å². The van der Waals surface area contributed by atoms with Gasteiger partial charge in [-0.05, 0) is 41.8 Å². The molecule has 0 aliphatic rings. The quantitative estimate of drug-likeness (QED) is 0.419. The van der Waals surface area contributed by atoms with Crippen LogP contribution in [0, 0.1) is 5.82 Å². The van der Waals surface area contributed by atoms with Crippen molar-refractivity contribution in [2.75, 3.05) is 0 Å². The summed E-state index contributed by atoms with van der Waals surface area (Å²) in [6.07, 6.45) is -0.240. The number of carbonyl (C=O) groups is 1. The maximum absolute atomic E-state index is 14.1. The molecule has 3 heterocycles. The molecule has 4 aromatic rings. The number of aryl methyl sites for hydroxylation is 1. The molecule has 170 valence electrons. The lowest BCUT2D eigenvalue weighted by Gasteiger charge is -2.12. The van der Waals surface area contributed by atoms with Crippen LogP contribution in [0.15, 0.2) is 42.7 Å². The van der Waals surface area contributed by atoms with Crippen LogP contribution in [0.3, 0.4) is 0 Å². The number of carboxylic acid groups (broad SMARTS) is 1. The van der Waals surface area contributed by atoms with Crippen LogP contribution in [-0.2, 0) is 19.1 Å². The Labute approximate surface area is 184 Å². The topological polar surface area (TPSA) is 93.8 Å². The van der Waals surface area contributed by atoms with E-state index in [1.165, 1.54) is 12.3 Å². The van der Waals surface area contributed by atoms with Crippen molar-refractivity contribution in [3.63, 3.8) is 0 Å². The second kappa shape index (κ2) is 8.57. The number of nitrogens with zero attached hydrogens (tertiary/aromatic N) is 5. The fraction of sp³-hybridized carbons (Fsp3) is 0.227. The Morgan fingerprint density at radius 2 is 1.88 bits per heavy atom. The summed E-state index contributed by atoms with van der Waals surface area (Å²) >= 11 is 0. The minimum Gasteiger partial charge on any atom is -0.475 e. The average Bonchev–Trinajstić information content (AvgIpc) is 3.11. The zero-order chi connectivity index (χ0) is 23.8. The van der Waals surface area contributed by atoms with Gasteiger partial charge in [-0.25, -0.2) is 24.1 Å². The summed E-state index contributed by atoms with van der Waals surface area (Å²) in [6, 6.07) is 6.34. The Morgan fingerprint density at radius 3 is 2.55 bits per heavy atom. The van der Waals surface area contributed by atoms with Gasteiger partial charge in [0.25, 0.3) is 0 Å². The highest BCUT2D eigenvalue weighted by atomic mass is 19.4. The maximum atomic E-state index is 14.1. The second-order valence-electron chi connectivity index (χ2n) is 7.34. The molecule has 1 aromatic carbocycles. The van der Waals surface area contributed by atoms with E-state index in [4.69, 9.17) is 0 Å². The molecule has 0 atom stereocenters. The number of hydrogen-bond acceptors (Lipinski definition) is 5. The zero-order valence-corrected chi connectivity index (χ0v) is 17.3. The third kappa shape index (κ3) is 4.52. The summed E-state index contributed by atoms with van der Waals surface area (Å²) in [4.78, 5) is 27.8. The van der Waals surface area contributed by atoms with E-state index in [0.717, 1.165) is 24.5 Å². The van der Waals surface area contributed by atoms with Crippen molar-refractivity contribution in [1.82, 2.24) is 24.5 Å². The zero-order valence-electron chi connectivity index (χ0n) is 17.3. The smallest absolute Gasteiger partial charge is 0.419 e. The number of imidazole rings is 1. The van der Waals surface area contributed by atoms with Crippen LogP contribution < -0.4 is 0 Å². The highest BCUT2D eigenvalue weighted by Crippen LogP contribution is 2.32. The molecule has 0 amide bonds. The number of halogens is 4. The van der Waals surface area contributed by atoms with Gasteiger partial charge in [0, 0.05) is 12.7 Å². The fourth-order valence-electron chi connectivity index (χ4n) is 3.48. The van der Waals surface area contributed by atoms with Gasteiger partial charge in [-0.15, -0.1) is 0 Å². The number of aromatic carboxylic acids is 1. The number of alkyl halides is 3. The summed E-state index contributed by atoms with van der Waals surface area (Å²) in [5.74, 6) is -2.87. The number of rotatable bonds is 6. The van der Waals surface area contributed by atoms with Crippen LogP contribution in [0.25, 0.3) is 22.7 Å². The first kappa shape index (κ1) is 22.3. The van der Waals surface area contributed by atoms with E-state index in [9.17, 15) is 27.5 Å². The highest BCUT2D eigenvalue weighted by molar-refractivity contribution is 5.86. The van der Waals surface area contributed by atoms with Crippen molar-refractivity contribution in [2.45, 2.75) is 32.5 Å². The third-order valence-corrected chi connectivity index (χ3v) is 4.97. The summed E-state index contributed by atoms with van der Waals surface area (Å²) in [5.41, 5.74) is 0.756. The van der Waals surface area contributed by atoms with Crippen LogP contribution >= 0.6 is 0 Å². The first-order valence-electron chi connectivity index (χ1n) is 9.95. The number of hydrogen-bond donors (Lipinski definition) is 1. The highest BCUT2D eigenvalue weighted by Gasteiger charge is 2.34. The van der Waals surface area contributed by atoms with Gasteiger partial charge in [0.05, 0.1) is 11.8 Å². The maximum Gasteiger partial charge on any atom is 0.419 e. The average molecular weight is 459 g/mol. The molecule has 7 nitrogen and oxygen atoms in total. The molecule has 0 aliphatic carbocycles. The molecule has 0 bridgehead atoms. The molecule has 1 N–H and O–H groups in total. The van der Waals surface area contributed by atoms with Crippen molar-refractivity contribution in [2.24, 2.45) is 0 Å². The number of pyridine rings is 1. The van der Waals surface area contributed by atoms with Crippen LogP contribution in [0.2, 0.25) is 0 Å². The molecule has 33 heavy (non-hydrogen) atoms. The monoisotopic (exact) mass is 459 g/mol. The number of aromatic nitrogens is 5. The lowest BCUT2D eigenvalue weighted by molar-refractivity contribution is -0.140. The Kier molecular flexibility index (Phi) is 5.79. The lowest BCUT2D eigenvalue weighted by atomic mass is 10.1. The molecule has 11 heteroatoms. The molecule has 0 unspecified atom stereocenters. The van der Waals surface area contributed by atoms with Gasteiger partial charge in [-0.1, -0.05) is 19.4 Å². The molecule has 4 rings (SSSR count). The first-order chi connectivity index (χ1) is 15.7. The minimum atomic E-state index is -4.81. The van der Waals surface area contributed by atoms with Crippen LogP contribution in [-0.4, -0.2) is 35.6 Å². The Balaban J connectivity index is 1.85. The van der Waals surface area contributed by atoms with E-state index in [2.05, 4.69) is 19.9 Å². The summed E-state index contributed by atoms with van der Waals surface area (Å²) in [5, 5.41) is 9.18. The fourth-order valence-corrected chi connectivity index (χ4v) is 3.48. The normalized spacial score (nSPS) is 11.8. The van der Waals surface area contributed by atoms with Gasteiger partial charge < -0.3 is 9.67 Å². The van der Waals surface area contributed by atoms with Gasteiger partial charge in [0.15, 0.2) is 11.5 Å². The summed E-state index contributed by atoms with van der Waals surface area (Å²) in [6.45, 7) is 1.97. The van der Waals surface area contributed by atoms with E-state index in [1.807, 2.05) is 19.1 Å². The van der Waals surface area contributed by atoms with E-state index >= 15 is 0 Å². The molecule has 0 radical (unpaired) electrons. The van der Waals surface area contributed by atoms with Gasteiger partial charge in [-0.3, -0.25) is 4.98 Å². The molecule has 3 aromatic heterocycles. The van der Waals surface area contributed by atoms with Crippen molar-refractivity contribution in [3.05, 3.63) is 71.1 Å². The van der Waals surface area contributed by atoms with Crippen molar-refractivity contribution >= 4 is 17.1 Å². The van der Waals surface area contributed by atoms with E-state index in [1.54, 1.807) is 10.8 Å². The second-order valence-corrected chi connectivity index (χ2v) is 7.34. The predicted octanol–water partition coefficient (Wildman–Crippen LogP) is 4.75. The number of carboxylic acids is 1. The predicted molar refractivity (Wildman–Crippen MR) is 110 cm³/mol. The lowest BCUT2D eigenvalue weighted by Crippen LogP contribution is -2.10. The van der Waals surface area contributed by atoms with Gasteiger partial charge in [-0.2, -0.15) is 13.2 Å². The van der Waals surface area contributed by atoms with Crippen LogP contribution in [0.1, 0.15) is 40.7 Å². The summed E-state index contributed by atoms with van der Waals surface area (Å²) in [7, 11) is 0. The van der Waals surface area contributed by atoms with Gasteiger partial charge >= 0.3 is 12.1 Å². The molecular formula is C22H17F4N5O2. The molecule has 0 saturated carbocycles. The molecule has 0 saturated heterocycles. The van der Waals surface area contributed by atoms with Crippen molar-refractivity contribution in [1.29, 1.82) is 0 Å². The largest absolute Gasteiger partial charge is 0.475 e. The Bertz CT molecular complexity index is 1350. The van der Waals surface area contributed by atoms with E-state index in [0.29, 0.717) is 23.1 Å². The number of benzene rings is 1. The van der Waals surface area contributed by atoms with Crippen molar-refractivity contribution < 1.29 is 27.5 Å². The standard InChI is InChI=1S/C22H17F4N5O2/c1-2-3-12-6-7-27-16(9-12)20-30-18-17(10-28-19(29-18)21(32)33)31(20)11-13-4-5-14(15(23)8-13)22(24,25)26/h4-10H,2-3,11H2,1H3,(H,32,33). The summed E-state index contributed by atoms with van der Waals surface area (Å²) < 4.78 is 54.5. The van der Waals surface area contributed by atoms with E-state index < -0.39 is 29.4 Å². The van der Waals surface area contributed by atoms with E-state index in [-0.39, 0.29) is 17.8 Å². The Morgan fingerprint density at radius 1 is 1.09 bits per heavy atom. The minimum absolute atomic E-state index is 0.0592. The third-order valence-electron chi connectivity index (χ3n) is 4.97. The van der Waals surface area contributed by atoms with Crippen LogP contribution in [0.5, 0.6) is 0 Å². The first-order valence-corrected chi connectivity index (χ1v) is 9.95. The molecule has 0 spiro atoms. The SMILES string of the molecule is CCCc1ccnc(-c2nc3nc(C(=O)O)ncc3n2Cc2ccc(C(F)(F)F)c(F)c2)c1.